The third-order valence-electron chi connectivity index (χ3n) is 2.26. The Hall–Kier alpha value is -1.87. The third kappa shape index (κ3) is 2.63. The van der Waals surface area contributed by atoms with Crippen molar-refractivity contribution >= 4 is 17.3 Å². The van der Waals surface area contributed by atoms with Crippen molar-refractivity contribution in [2.75, 3.05) is 12.8 Å². The molecule has 0 atom stereocenters. The topological polar surface area (TPSA) is 44.5 Å². The second-order valence-electron chi connectivity index (χ2n) is 3.44. The van der Waals surface area contributed by atoms with Gasteiger partial charge in [0.25, 0.3) is 0 Å². The highest BCUT2D eigenvalue weighted by molar-refractivity contribution is 6.32. The van der Waals surface area contributed by atoms with Crippen LogP contribution in [0.3, 0.4) is 0 Å². The van der Waals surface area contributed by atoms with Gasteiger partial charge in [-0.15, -0.1) is 0 Å². The summed E-state index contributed by atoms with van der Waals surface area (Å²) in [5, 5.41) is 0.479. The van der Waals surface area contributed by atoms with Gasteiger partial charge in [-0.05, 0) is 24.3 Å². The lowest BCUT2D eigenvalue weighted by Crippen LogP contribution is -1.93. The molecule has 0 radical (unpaired) electrons. The molecule has 3 nitrogen and oxygen atoms in total. The van der Waals surface area contributed by atoms with Crippen LogP contribution in [0.1, 0.15) is 0 Å². The van der Waals surface area contributed by atoms with Crippen LogP contribution < -0.4 is 15.2 Å². The van der Waals surface area contributed by atoms with Gasteiger partial charge in [-0.1, -0.05) is 23.7 Å². The number of hydrogen-bond acceptors (Lipinski definition) is 3. The van der Waals surface area contributed by atoms with E-state index in [1.54, 1.807) is 31.4 Å². The Balaban J connectivity index is 2.31. The Kier molecular flexibility index (Phi) is 3.40. The van der Waals surface area contributed by atoms with E-state index in [0.29, 0.717) is 28.0 Å². The number of anilines is 1. The minimum Gasteiger partial charge on any atom is -0.497 e. The second-order valence-corrected chi connectivity index (χ2v) is 3.85. The van der Waals surface area contributed by atoms with Crippen LogP contribution >= 0.6 is 11.6 Å². The fourth-order valence-electron chi connectivity index (χ4n) is 1.42. The molecular weight excluding hydrogens is 238 g/mol. The van der Waals surface area contributed by atoms with Crippen molar-refractivity contribution in [2.24, 2.45) is 0 Å². The van der Waals surface area contributed by atoms with Crippen LogP contribution in [0.2, 0.25) is 5.02 Å². The van der Waals surface area contributed by atoms with E-state index in [0.717, 1.165) is 0 Å². The van der Waals surface area contributed by atoms with E-state index in [4.69, 9.17) is 26.8 Å². The maximum absolute atomic E-state index is 6.02. The van der Waals surface area contributed by atoms with Crippen LogP contribution in [0.25, 0.3) is 0 Å². The summed E-state index contributed by atoms with van der Waals surface area (Å²) < 4.78 is 10.8. The predicted octanol–water partition coefficient (Wildman–Crippen LogP) is 3.72. The molecule has 17 heavy (non-hydrogen) atoms. The molecule has 0 heterocycles. The normalized spacial score (nSPS) is 10.0. The molecule has 88 valence electrons. The molecule has 0 aliphatic carbocycles. The average molecular weight is 250 g/mol. The fourth-order valence-corrected chi connectivity index (χ4v) is 1.64. The Morgan fingerprint density at radius 3 is 2.47 bits per heavy atom. The zero-order valence-corrected chi connectivity index (χ0v) is 10.1. The highest BCUT2D eigenvalue weighted by Crippen LogP contribution is 2.35. The predicted molar refractivity (Wildman–Crippen MR) is 68.9 cm³/mol. The van der Waals surface area contributed by atoms with Crippen molar-refractivity contribution in [3.05, 3.63) is 47.5 Å². The first-order valence-corrected chi connectivity index (χ1v) is 5.44. The Morgan fingerprint density at radius 2 is 1.76 bits per heavy atom. The van der Waals surface area contributed by atoms with E-state index >= 15 is 0 Å². The van der Waals surface area contributed by atoms with Gasteiger partial charge < -0.3 is 15.2 Å². The molecule has 0 spiro atoms. The number of hydrogen-bond donors (Lipinski definition) is 1. The zero-order valence-electron chi connectivity index (χ0n) is 9.31. The molecule has 0 fully saturated rings. The van der Waals surface area contributed by atoms with Crippen molar-refractivity contribution in [2.45, 2.75) is 0 Å². The van der Waals surface area contributed by atoms with Crippen LogP contribution in [-0.2, 0) is 0 Å². The van der Waals surface area contributed by atoms with Crippen molar-refractivity contribution < 1.29 is 9.47 Å². The average Bonchev–Trinajstić information content (AvgIpc) is 2.34. The summed E-state index contributed by atoms with van der Waals surface area (Å²) in [5.41, 5.74) is 6.30. The molecule has 0 aliphatic rings. The second kappa shape index (κ2) is 4.97. The first kappa shape index (κ1) is 11.6. The Bertz CT molecular complexity index is 508. The SMILES string of the molecule is COc1cccc(Oc2c(N)cccc2Cl)c1. The molecule has 0 saturated carbocycles. The standard InChI is InChI=1S/C13H12ClNO2/c1-16-9-4-2-5-10(8-9)17-13-11(14)6-3-7-12(13)15/h2-8H,15H2,1H3. The maximum atomic E-state index is 6.02. The Labute approximate surface area is 105 Å². The lowest BCUT2D eigenvalue weighted by atomic mass is 10.3. The zero-order chi connectivity index (χ0) is 12.3. The number of rotatable bonds is 3. The maximum Gasteiger partial charge on any atom is 0.168 e. The number of methoxy groups -OCH3 is 1. The fraction of sp³-hybridized carbons (Fsp3) is 0.0769. The molecule has 4 heteroatoms. The summed E-state index contributed by atoms with van der Waals surface area (Å²) in [6.07, 6.45) is 0. The summed E-state index contributed by atoms with van der Waals surface area (Å²) in [7, 11) is 1.60. The van der Waals surface area contributed by atoms with E-state index in [9.17, 15) is 0 Å². The van der Waals surface area contributed by atoms with Gasteiger partial charge in [0, 0.05) is 6.07 Å². The highest BCUT2D eigenvalue weighted by Gasteiger charge is 2.07. The number of benzene rings is 2. The smallest absolute Gasteiger partial charge is 0.168 e. The lowest BCUT2D eigenvalue weighted by molar-refractivity contribution is 0.409. The van der Waals surface area contributed by atoms with Crippen LogP contribution in [0.4, 0.5) is 5.69 Å². The number of para-hydroxylation sites is 1. The largest absolute Gasteiger partial charge is 0.497 e. The molecule has 0 amide bonds. The van der Waals surface area contributed by atoms with E-state index in [-0.39, 0.29) is 0 Å². The van der Waals surface area contributed by atoms with Gasteiger partial charge in [-0.2, -0.15) is 0 Å². The van der Waals surface area contributed by atoms with Gasteiger partial charge in [-0.3, -0.25) is 0 Å². The molecule has 0 saturated heterocycles. The van der Waals surface area contributed by atoms with E-state index in [1.165, 1.54) is 0 Å². The van der Waals surface area contributed by atoms with Gasteiger partial charge >= 0.3 is 0 Å². The van der Waals surface area contributed by atoms with Gasteiger partial charge in [0.05, 0.1) is 17.8 Å². The summed E-state index contributed by atoms with van der Waals surface area (Å²) >= 11 is 6.02. The van der Waals surface area contributed by atoms with Crippen molar-refractivity contribution in [1.82, 2.24) is 0 Å². The third-order valence-corrected chi connectivity index (χ3v) is 2.56. The van der Waals surface area contributed by atoms with Crippen LogP contribution in [0.15, 0.2) is 42.5 Å². The van der Waals surface area contributed by atoms with Crippen LogP contribution in [0.5, 0.6) is 17.2 Å². The molecule has 2 rings (SSSR count). The summed E-state index contributed by atoms with van der Waals surface area (Å²) in [4.78, 5) is 0. The van der Waals surface area contributed by atoms with Crippen molar-refractivity contribution in [3.8, 4) is 17.2 Å². The molecule has 0 aromatic heterocycles. The minimum atomic E-state index is 0.461. The van der Waals surface area contributed by atoms with E-state index < -0.39 is 0 Å². The molecular formula is C13H12ClNO2. The number of ether oxygens (including phenoxy) is 2. The minimum absolute atomic E-state index is 0.461. The van der Waals surface area contributed by atoms with Crippen molar-refractivity contribution in [3.63, 3.8) is 0 Å². The summed E-state index contributed by atoms with van der Waals surface area (Å²) in [5.74, 6) is 1.81. The summed E-state index contributed by atoms with van der Waals surface area (Å²) in [6, 6.07) is 12.5. The van der Waals surface area contributed by atoms with E-state index in [2.05, 4.69) is 0 Å². The Morgan fingerprint density at radius 1 is 1.06 bits per heavy atom. The molecule has 2 aromatic carbocycles. The number of halogens is 1. The summed E-state index contributed by atoms with van der Waals surface area (Å²) in [6.45, 7) is 0. The molecule has 0 aliphatic heterocycles. The van der Waals surface area contributed by atoms with Crippen LogP contribution in [-0.4, -0.2) is 7.11 Å². The lowest BCUT2D eigenvalue weighted by Gasteiger charge is -2.10. The molecule has 0 bridgehead atoms. The van der Waals surface area contributed by atoms with E-state index in [1.807, 2.05) is 18.2 Å². The first-order valence-electron chi connectivity index (χ1n) is 5.06. The monoisotopic (exact) mass is 249 g/mol. The van der Waals surface area contributed by atoms with Gasteiger partial charge in [-0.25, -0.2) is 0 Å². The first-order chi connectivity index (χ1) is 8.20. The quantitative estimate of drug-likeness (QED) is 0.843. The number of nitrogens with two attached hydrogens (primary N) is 1. The van der Waals surface area contributed by atoms with Crippen LogP contribution in [0, 0.1) is 0 Å². The molecule has 2 aromatic rings. The number of nitrogen functional groups attached to an aromatic ring is 1. The molecule has 0 unspecified atom stereocenters. The van der Waals surface area contributed by atoms with Gasteiger partial charge in [0.15, 0.2) is 5.75 Å². The highest BCUT2D eigenvalue weighted by atomic mass is 35.5. The molecule has 2 N–H and O–H groups in total. The van der Waals surface area contributed by atoms with Gasteiger partial charge in [0.2, 0.25) is 0 Å². The van der Waals surface area contributed by atoms with Gasteiger partial charge in [0.1, 0.15) is 11.5 Å². The van der Waals surface area contributed by atoms with Crippen molar-refractivity contribution in [1.29, 1.82) is 0 Å².